The maximum atomic E-state index is 13.4. The zero-order valence-corrected chi connectivity index (χ0v) is 12.8. The molecule has 0 N–H and O–H groups in total. The molecule has 2 heteroatoms. The fourth-order valence-electron chi connectivity index (χ4n) is 5.60. The van der Waals surface area contributed by atoms with Crippen LogP contribution in [-0.4, -0.2) is 11.9 Å². The molecule has 114 valence electrons. The summed E-state index contributed by atoms with van der Waals surface area (Å²) in [5.74, 6) is 4.04. The molecule has 2 nitrogen and oxygen atoms in total. The molecule has 1 heterocycles. The molecule has 5 atom stereocenters. The van der Waals surface area contributed by atoms with Gasteiger partial charge < -0.3 is 4.74 Å². The van der Waals surface area contributed by atoms with Crippen LogP contribution < -0.4 is 0 Å². The van der Waals surface area contributed by atoms with Crippen molar-refractivity contribution in [1.29, 1.82) is 0 Å². The molecule has 4 fully saturated rings. The maximum absolute atomic E-state index is 13.4. The van der Waals surface area contributed by atoms with Crippen LogP contribution in [0.1, 0.15) is 22.3 Å². The van der Waals surface area contributed by atoms with E-state index in [0.717, 1.165) is 34.8 Å². The summed E-state index contributed by atoms with van der Waals surface area (Å²) in [6, 6.07) is 19.8. The van der Waals surface area contributed by atoms with E-state index in [9.17, 15) is 4.79 Å². The minimum Gasteiger partial charge on any atom is -0.358 e. The van der Waals surface area contributed by atoms with Gasteiger partial charge >= 0.3 is 0 Å². The summed E-state index contributed by atoms with van der Waals surface area (Å²) in [5.41, 5.74) is 1.05. The summed E-state index contributed by atoms with van der Waals surface area (Å²) in [6.07, 6.45) is 1.49. The number of rotatable bonds is 3. The SMILES string of the molecule is O=C(c1ccccc1)C1(c2ccccc2)OC2C3C4C(CC21)C43. The normalized spacial score (nSPS) is 44.5. The minimum absolute atomic E-state index is 0.141. The van der Waals surface area contributed by atoms with Crippen LogP contribution >= 0.6 is 0 Å². The molecule has 5 unspecified atom stereocenters. The largest absolute Gasteiger partial charge is 0.358 e. The summed E-state index contributed by atoms with van der Waals surface area (Å²) in [4.78, 5) is 13.4. The fraction of sp³-hybridized carbons (Fsp3) is 0.381. The van der Waals surface area contributed by atoms with Crippen molar-refractivity contribution in [3.8, 4) is 0 Å². The number of carbonyl (C=O) groups excluding carboxylic acids is 1. The minimum atomic E-state index is -0.746. The van der Waals surface area contributed by atoms with Gasteiger partial charge in [-0.05, 0) is 35.7 Å². The second-order valence-electron chi connectivity index (χ2n) is 7.62. The van der Waals surface area contributed by atoms with Crippen molar-refractivity contribution in [3.63, 3.8) is 0 Å². The third-order valence-electron chi connectivity index (χ3n) is 6.76. The average Bonchev–Trinajstić information content (AvgIpc) is 3.49. The highest BCUT2D eigenvalue weighted by Crippen LogP contribution is 2.83. The molecule has 2 aromatic carbocycles. The van der Waals surface area contributed by atoms with E-state index in [1.807, 2.05) is 48.5 Å². The smallest absolute Gasteiger partial charge is 0.199 e. The highest BCUT2D eigenvalue weighted by molar-refractivity contribution is 6.04. The predicted molar refractivity (Wildman–Crippen MR) is 85.8 cm³/mol. The lowest BCUT2D eigenvalue weighted by molar-refractivity contribution is -0.272. The van der Waals surface area contributed by atoms with Gasteiger partial charge in [0.15, 0.2) is 11.4 Å². The van der Waals surface area contributed by atoms with E-state index in [1.54, 1.807) is 0 Å². The van der Waals surface area contributed by atoms with Gasteiger partial charge in [-0.2, -0.15) is 0 Å². The van der Waals surface area contributed by atoms with Crippen molar-refractivity contribution >= 4 is 5.78 Å². The van der Waals surface area contributed by atoms with Gasteiger partial charge in [-0.25, -0.2) is 0 Å². The molecule has 3 aliphatic carbocycles. The Morgan fingerprint density at radius 3 is 2.22 bits per heavy atom. The van der Waals surface area contributed by atoms with E-state index in [0.29, 0.717) is 12.0 Å². The van der Waals surface area contributed by atoms with Crippen molar-refractivity contribution in [2.45, 2.75) is 18.1 Å². The van der Waals surface area contributed by atoms with Crippen LogP contribution in [0.25, 0.3) is 0 Å². The standard InChI is InChI=1S/C21H18O2/c22-20(12-7-3-1-4-8-12)21(13-9-5-2-6-10-13)15-11-14-16-17(14)18(16)19(15)23-21/h1-10,14-19H,11H2. The highest BCUT2D eigenvalue weighted by Gasteiger charge is 2.84. The topological polar surface area (TPSA) is 26.3 Å². The molecule has 0 spiro atoms. The number of benzene rings is 2. The van der Waals surface area contributed by atoms with Crippen LogP contribution in [0.3, 0.4) is 0 Å². The Kier molecular flexibility index (Phi) is 2.14. The molecule has 23 heavy (non-hydrogen) atoms. The van der Waals surface area contributed by atoms with E-state index in [1.165, 1.54) is 6.42 Å². The van der Waals surface area contributed by atoms with E-state index in [4.69, 9.17) is 4.74 Å². The summed E-state index contributed by atoms with van der Waals surface area (Å²) >= 11 is 0. The van der Waals surface area contributed by atoms with Gasteiger partial charge in [-0.15, -0.1) is 0 Å². The van der Waals surface area contributed by atoms with Crippen molar-refractivity contribution in [2.24, 2.45) is 29.6 Å². The van der Waals surface area contributed by atoms with Crippen LogP contribution in [0.4, 0.5) is 0 Å². The number of hydrogen-bond acceptors (Lipinski definition) is 2. The lowest BCUT2D eigenvalue weighted by atomic mass is 9.60. The third kappa shape index (κ3) is 1.37. The Bertz CT molecular complexity index is 789. The second kappa shape index (κ2) is 3.93. The summed E-state index contributed by atoms with van der Waals surface area (Å²) in [5, 5.41) is 0. The van der Waals surface area contributed by atoms with Crippen LogP contribution in [-0.2, 0) is 10.3 Å². The molecule has 3 saturated carbocycles. The Labute approximate surface area is 135 Å². The molecule has 2 aromatic rings. The van der Waals surface area contributed by atoms with E-state index >= 15 is 0 Å². The van der Waals surface area contributed by atoms with Gasteiger partial charge in [0.1, 0.15) is 0 Å². The first-order valence-electron chi connectivity index (χ1n) is 8.65. The Morgan fingerprint density at radius 1 is 0.913 bits per heavy atom. The lowest BCUT2D eigenvalue weighted by Crippen LogP contribution is -2.65. The van der Waals surface area contributed by atoms with E-state index in [-0.39, 0.29) is 5.78 Å². The number of hydrogen-bond donors (Lipinski definition) is 0. The van der Waals surface area contributed by atoms with Gasteiger partial charge in [0, 0.05) is 11.5 Å². The zero-order chi connectivity index (χ0) is 15.2. The molecular formula is C21H18O2. The summed E-state index contributed by atoms with van der Waals surface area (Å²) < 4.78 is 6.45. The van der Waals surface area contributed by atoms with Crippen LogP contribution in [0, 0.1) is 29.6 Å². The van der Waals surface area contributed by atoms with Crippen molar-refractivity contribution in [1.82, 2.24) is 0 Å². The Hall–Kier alpha value is -1.93. The summed E-state index contributed by atoms with van der Waals surface area (Å²) in [7, 11) is 0. The molecule has 0 amide bonds. The van der Waals surface area contributed by atoms with Gasteiger partial charge in [-0.1, -0.05) is 60.7 Å². The molecule has 1 aliphatic heterocycles. The third-order valence-corrected chi connectivity index (χ3v) is 6.76. The van der Waals surface area contributed by atoms with Crippen molar-refractivity contribution in [3.05, 3.63) is 71.8 Å². The number of carbonyl (C=O) groups is 1. The first kappa shape index (κ1) is 12.5. The molecule has 0 bridgehead atoms. The number of fused-ring (bicyclic) bond motifs is 4. The molecular weight excluding hydrogens is 284 g/mol. The second-order valence-corrected chi connectivity index (χ2v) is 7.62. The molecule has 0 radical (unpaired) electrons. The monoisotopic (exact) mass is 302 g/mol. The first-order valence-corrected chi connectivity index (χ1v) is 8.65. The number of ketones is 1. The van der Waals surface area contributed by atoms with E-state index in [2.05, 4.69) is 12.1 Å². The van der Waals surface area contributed by atoms with Gasteiger partial charge in [-0.3, -0.25) is 4.79 Å². The Balaban J connectivity index is 1.46. The Morgan fingerprint density at radius 2 is 1.57 bits per heavy atom. The van der Waals surface area contributed by atoms with Crippen LogP contribution in [0.5, 0.6) is 0 Å². The number of ether oxygens (including phenoxy) is 1. The highest BCUT2D eigenvalue weighted by atomic mass is 16.5. The number of Topliss-reactive ketones (excluding diaryl/α,β-unsaturated/α-hetero) is 1. The zero-order valence-electron chi connectivity index (χ0n) is 12.8. The maximum Gasteiger partial charge on any atom is 0.199 e. The van der Waals surface area contributed by atoms with E-state index < -0.39 is 5.60 Å². The lowest BCUT2D eigenvalue weighted by Gasteiger charge is -2.58. The molecule has 0 aromatic heterocycles. The van der Waals surface area contributed by atoms with Gasteiger partial charge in [0.05, 0.1) is 6.10 Å². The fourth-order valence-corrected chi connectivity index (χ4v) is 5.60. The first-order chi connectivity index (χ1) is 11.3. The van der Waals surface area contributed by atoms with Crippen molar-refractivity contribution in [2.75, 3.05) is 0 Å². The van der Waals surface area contributed by atoms with Gasteiger partial charge in [0.25, 0.3) is 0 Å². The quantitative estimate of drug-likeness (QED) is 0.809. The molecule has 6 rings (SSSR count). The van der Waals surface area contributed by atoms with Crippen molar-refractivity contribution < 1.29 is 9.53 Å². The molecule has 1 saturated heterocycles. The van der Waals surface area contributed by atoms with Gasteiger partial charge in [0.2, 0.25) is 0 Å². The van der Waals surface area contributed by atoms with Crippen LogP contribution in [0.15, 0.2) is 60.7 Å². The summed E-state index contributed by atoms with van der Waals surface area (Å²) in [6.45, 7) is 0. The average molecular weight is 302 g/mol. The molecule has 4 aliphatic rings. The van der Waals surface area contributed by atoms with Crippen LogP contribution in [0.2, 0.25) is 0 Å². The predicted octanol–water partition coefficient (Wildman–Crippen LogP) is 3.68.